The van der Waals surface area contributed by atoms with E-state index in [1.165, 1.54) is 18.5 Å². The quantitative estimate of drug-likeness (QED) is 0.796. The Balaban J connectivity index is 1.99. The summed E-state index contributed by atoms with van der Waals surface area (Å²) < 4.78 is 0. The average Bonchev–Trinajstić information content (AvgIpc) is 3.06. The zero-order valence-electron chi connectivity index (χ0n) is 11.9. The van der Waals surface area contributed by atoms with Crippen molar-refractivity contribution in [2.75, 3.05) is 26.7 Å². The highest BCUT2D eigenvalue weighted by Crippen LogP contribution is 2.39. The molecule has 2 rings (SSSR count). The minimum absolute atomic E-state index is 0.499. The molecule has 1 aromatic rings. The summed E-state index contributed by atoms with van der Waals surface area (Å²) in [5.74, 6) is 1.85. The number of hydrogen-bond donors (Lipinski definition) is 1. The van der Waals surface area contributed by atoms with Gasteiger partial charge < -0.3 is 5.32 Å². The summed E-state index contributed by atoms with van der Waals surface area (Å²) in [7, 11) is 2.26. The normalized spacial score (nSPS) is 24.2. The highest BCUT2D eigenvalue weighted by molar-refractivity contribution is 5.19. The third kappa shape index (κ3) is 3.56. The van der Waals surface area contributed by atoms with Crippen LogP contribution in [0.25, 0.3) is 0 Å². The first-order valence-corrected chi connectivity index (χ1v) is 7.18. The molecule has 0 aliphatic heterocycles. The van der Waals surface area contributed by atoms with Gasteiger partial charge in [0.05, 0.1) is 0 Å². The van der Waals surface area contributed by atoms with Crippen molar-refractivity contribution in [3.63, 3.8) is 0 Å². The predicted octanol–water partition coefficient (Wildman–Crippen LogP) is 2.93. The van der Waals surface area contributed by atoms with Gasteiger partial charge in [-0.15, -0.1) is 0 Å². The van der Waals surface area contributed by atoms with Crippen molar-refractivity contribution in [1.82, 2.24) is 10.2 Å². The molecule has 3 atom stereocenters. The molecule has 0 amide bonds. The van der Waals surface area contributed by atoms with Gasteiger partial charge in [-0.2, -0.15) is 0 Å². The Bertz CT molecular complexity index is 349. The zero-order valence-corrected chi connectivity index (χ0v) is 11.9. The van der Waals surface area contributed by atoms with Gasteiger partial charge in [0.1, 0.15) is 0 Å². The molecule has 1 aliphatic carbocycles. The van der Waals surface area contributed by atoms with Gasteiger partial charge in [0.15, 0.2) is 0 Å². The van der Waals surface area contributed by atoms with Crippen molar-refractivity contribution in [1.29, 1.82) is 0 Å². The van der Waals surface area contributed by atoms with Crippen LogP contribution >= 0.6 is 0 Å². The molecule has 0 spiro atoms. The molecule has 1 aromatic carbocycles. The second-order valence-electron chi connectivity index (χ2n) is 5.65. The van der Waals surface area contributed by atoms with Gasteiger partial charge in [0, 0.05) is 19.1 Å². The first-order chi connectivity index (χ1) is 8.72. The van der Waals surface area contributed by atoms with Gasteiger partial charge in [-0.1, -0.05) is 44.2 Å². The number of rotatable bonds is 7. The fourth-order valence-corrected chi connectivity index (χ4v) is 2.64. The van der Waals surface area contributed by atoms with E-state index >= 15 is 0 Å². The molecule has 1 saturated carbocycles. The van der Waals surface area contributed by atoms with Crippen molar-refractivity contribution in [3.8, 4) is 0 Å². The highest BCUT2D eigenvalue weighted by Gasteiger charge is 2.34. The zero-order chi connectivity index (χ0) is 13.0. The molecule has 2 heteroatoms. The van der Waals surface area contributed by atoms with Crippen molar-refractivity contribution in [2.24, 2.45) is 11.8 Å². The number of nitrogens with one attached hydrogen (secondary N) is 1. The lowest BCUT2D eigenvalue weighted by molar-refractivity contribution is 0.226. The molecule has 3 unspecified atom stereocenters. The Kier molecular flexibility index (Phi) is 4.79. The van der Waals surface area contributed by atoms with Crippen LogP contribution in [0.5, 0.6) is 0 Å². The first kappa shape index (κ1) is 13.6. The van der Waals surface area contributed by atoms with Crippen LogP contribution in [0, 0.1) is 11.8 Å². The standard InChI is InChI=1S/C16H26N2/c1-4-17-11-16(14-8-6-5-7-9-14)18(3)12-15-10-13(15)2/h5-9,13,15-17H,4,10-12H2,1-3H3. The maximum Gasteiger partial charge on any atom is 0.0469 e. The highest BCUT2D eigenvalue weighted by atomic mass is 15.2. The Labute approximate surface area is 111 Å². The van der Waals surface area contributed by atoms with E-state index in [0.717, 1.165) is 24.9 Å². The van der Waals surface area contributed by atoms with Crippen LogP contribution in [0.4, 0.5) is 0 Å². The molecule has 18 heavy (non-hydrogen) atoms. The summed E-state index contributed by atoms with van der Waals surface area (Å²) >= 11 is 0. The number of nitrogens with zero attached hydrogens (tertiary/aromatic N) is 1. The van der Waals surface area contributed by atoms with E-state index in [0.29, 0.717) is 6.04 Å². The van der Waals surface area contributed by atoms with Crippen LogP contribution in [0.2, 0.25) is 0 Å². The van der Waals surface area contributed by atoms with E-state index in [-0.39, 0.29) is 0 Å². The lowest BCUT2D eigenvalue weighted by Crippen LogP contribution is -2.34. The van der Waals surface area contributed by atoms with Crippen LogP contribution in [-0.2, 0) is 0 Å². The Morgan fingerprint density at radius 3 is 2.56 bits per heavy atom. The minimum atomic E-state index is 0.499. The molecular formula is C16H26N2. The largest absolute Gasteiger partial charge is 0.315 e. The van der Waals surface area contributed by atoms with Gasteiger partial charge in [-0.25, -0.2) is 0 Å². The number of hydrogen-bond acceptors (Lipinski definition) is 2. The van der Waals surface area contributed by atoms with E-state index in [9.17, 15) is 0 Å². The monoisotopic (exact) mass is 246 g/mol. The maximum absolute atomic E-state index is 3.49. The van der Waals surface area contributed by atoms with Crippen LogP contribution < -0.4 is 5.32 Å². The third-order valence-corrected chi connectivity index (χ3v) is 4.10. The van der Waals surface area contributed by atoms with Crippen LogP contribution in [0.3, 0.4) is 0 Å². The molecule has 2 nitrogen and oxygen atoms in total. The van der Waals surface area contributed by atoms with E-state index in [4.69, 9.17) is 0 Å². The van der Waals surface area contributed by atoms with Crippen LogP contribution in [0.1, 0.15) is 31.9 Å². The van der Waals surface area contributed by atoms with E-state index in [2.05, 4.69) is 61.4 Å². The summed E-state index contributed by atoms with van der Waals surface area (Å²) in [6.07, 6.45) is 1.41. The molecule has 1 N–H and O–H groups in total. The van der Waals surface area contributed by atoms with Gasteiger partial charge >= 0.3 is 0 Å². The minimum Gasteiger partial charge on any atom is -0.315 e. The van der Waals surface area contributed by atoms with Crippen molar-refractivity contribution in [3.05, 3.63) is 35.9 Å². The second kappa shape index (κ2) is 6.35. The summed E-state index contributed by atoms with van der Waals surface area (Å²) in [5.41, 5.74) is 1.43. The summed E-state index contributed by atoms with van der Waals surface area (Å²) in [6.45, 7) is 7.84. The van der Waals surface area contributed by atoms with Crippen molar-refractivity contribution in [2.45, 2.75) is 26.3 Å². The smallest absolute Gasteiger partial charge is 0.0469 e. The van der Waals surface area contributed by atoms with Crippen LogP contribution in [0.15, 0.2) is 30.3 Å². The van der Waals surface area contributed by atoms with E-state index in [1.807, 2.05) is 0 Å². The molecule has 100 valence electrons. The Hall–Kier alpha value is -0.860. The first-order valence-electron chi connectivity index (χ1n) is 7.18. The van der Waals surface area contributed by atoms with Crippen LogP contribution in [-0.4, -0.2) is 31.6 Å². The summed E-state index contributed by atoms with van der Waals surface area (Å²) in [5, 5.41) is 3.49. The second-order valence-corrected chi connectivity index (χ2v) is 5.65. The number of likely N-dealkylation sites (N-methyl/N-ethyl adjacent to an activating group) is 2. The molecule has 0 heterocycles. The van der Waals surface area contributed by atoms with Crippen molar-refractivity contribution >= 4 is 0 Å². The molecule has 1 fully saturated rings. The maximum atomic E-state index is 3.49. The Morgan fingerprint density at radius 2 is 2.00 bits per heavy atom. The van der Waals surface area contributed by atoms with Crippen molar-refractivity contribution < 1.29 is 0 Å². The average molecular weight is 246 g/mol. The molecule has 0 radical (unpaired) electrons. The van der Waals surface area contributed by atoms with Gasteiger partial charge in [-0.3, -0.25) is 4.90 Å². The molecule has 0 saturated heterocycles. The third-order valence-electron chi connectivity index (χ3n) is 4.10. The fraction of sp³-hybridized carbons (Fsp3) is 0.625. The SMILES string of the molecule is CCNCC(c1ccccc1)N(C)CC1CC1C. The van der Waals surface area contributed by atoms with E-state index < -0.39 is 0 Å². The molecule has 1 aliphatic rings. The molecular weight excluding hydrogens is 220 g/mol. The lowest BCUT2D eigenvalue weighted by atomic mass is 10.1. The predicted molar refractivity (Wildman–Crippen MR) is 77.6 cm³/mol. The molecule has 0 aromatic heterocycles. The van der Waals surface area contributed by atoms with E-state index in [1.54, 1.807) is 0 Å². The van der Waals surface area contributed by atoms with Gasteiger partial charge in [0.25, 0.3) is 0 Å². The fourth-order valence-electron chi connectivity index (χ4n) is 2.64. The number of benzene rings is 1. The van der Waals surface area contributed by atoms with Gasteiger partial charge in [0.2, 0.25) is 0 Å². The lowest BCUT2D eigenvalue weighted by Gasteiger charge is -2.29. The topological polar surface area (TPSA) is 15.3 Å². The summed E-state index contributed by atoms with van der Waals surface area (Å²) in [4.78, 5) is 2.52. The summed E-state index contributed by atoms with van der Waals surface area (Å²) in [6, 6.07) is 11.4. The van der Waals surface area contributed by atoms with Gasteiger partial charge in [-0.05, 0) is 37.4 Å². The molecule has 0 bridgehead atoms. The Morgan fingerprint density at radius 1 is 1.33 bits per heavy atom.